The summed E-state index contributed by atoms with van der Waals surface area (Å²) in [7, 11) is 0. The normalized spacial score (nSPS) is 22.2. The molecule has 0 heterocycles. The van der Waals surface area contributed by atoms with Crippen LogP contribution in [0.25, 0.3) is 0 Å². The number of rotatable bonds is 3. The molecule has 0 aromatic heterocycles. The molecule has 0 radical (unpaired) electrons. The van der Waals surface area contributed by atoms with Gasteiger partial charge in [0.2, 0.25) is 5.91 Å². The van der Waals surface area contributed by atoms with Crippen molar-refractivity contribution in [1.82, 2.24) is 5.32 Å². The van der Waals surface area contributed by atoms with Gasteiger partial charge in [-0.3, -0.25) is 4.79 Å². The lowest BCUT2D eigenvalue weighted by Crippen LogP contribution is -2.25. The zero-order valence-electron chi connectivity index (χ0n) is 8.74. The van der Waals surface area contributed by atoms with Crippen LogP contribution in [0.4, 0.5) is 0 Å². The Labute approximate surface area is 100.0 Å². The number of terminal acetylenes is 1. The lowest BCUT2D eigenvalue weighted by atomic mass is 10.1. The molecular weight excluding hydrogens is 222 g/mol. The van der Waals surface area contributed by atoms with Gasteiger partial charge in [-0.15, -0.1) is 6.42 Å². The average Bonchev–Trinajstić information content (AvgIpc) is 3.06. The first-order valence-corrected chi connectivity index (χ1v) is 5.57. The zero-order valence-corrected chi connectivity index (χ0v) is 9.50. The van der Waals surface area contributed by atoms with Gasteiger partial charge in [-0.1, -0.05) is 35.7 Å². The first-order valence-electron chi connectivity index (χ1n) is 5.19. The fourth-order valence-electron chi connectivity index (χ4n) is 1.87. The van der Waals surface area contributed by atoms with E-state index in [-0.39, 0.29) is 17.7 Å². The number of hydrogen-bond acceptors (Lipinski definition) is 1. The molecule has 0 spiro atoms. The van der Waals surface area contributed by atoms with E-state index in [1.807, 2.05) is 24.3 Å². The largest absolute Gasteiger partial charge is 0.345 e. The van der Waals surface area contributed by atoms with Gasteiger partial charge in [-0.2, -0.15) is 0 Å². The Morgan fingerprint density at radius 1 is 1.56 bits per heavy atom. The minimum atomic E-state index is 0.0304. The van der Waals surface area contributed by atoms with Crippen molar-refractivity contribution >= 4 is 17.5 Å². The number of hydrogen-bond donors (Lipinski definition) is 1. The maximum atomic E-state index is 11.6. The van der Waals surface area contributed by atoms with Crippen LogP contribution < -0.4 is 5.32 Å². The van der Waals surface area contributed by atoms with Crippen molar-refractivity contribution in [1.29, 1.82) is 0 Å². The molecule has 1 saturated carbocycles. The van der Waals surface area contributed by atoms with E-state index in [0.717, 1.165) is 17.0 Å². The number of amides is 1. The van der Waals surface area contributed by atoms with Gasteiger partial charge in [-0.25, -0.2) is 0 Å². The van der Waals surface area contributed by atoms with Gasteiger partial charge in [-0.05, 0) is 24.0 Å². The van der Waals surface area contributed by atoms with Crippen molar-refractivity contribution in [2.24, 2.45) is 5.92 Å². The number of halogens is 1. The monoisotopic (exact) mass is 233 g/mol. The number of nitrogens with one attached hydrogen (secondary N) is 1. The molecule has 0 saturated heterocycles. The van der Waals surface area contributed by atoms with Crippen LogP contribution in [0.3, 0.4) is 0 Å². The molecule has 0 bridgehead atoms. The lowest BCUT2D eigenvalue weighted by molar-refractivity contribution is -0.122. The Kier molecular flexibility index (Phi) is 3.17. The first kappa shape index (κ1) is 11.0. The summed E-state index contributed by atoms with van der Waals surface area (Å²) in [5.41, 5.74) is 1.06. The van der Waals surface area contributed by atoms with Gasteiger partial charge in [0.15, 0.2) is 0 Å². The summed E-state index contributed by atoms with van der Waals surface area (Å²) in [4.78, 5) is 11.6. The topological polar surface area (TPSA) is 29.1 Å². The summed E-state index contributed by atoms with van der Waals surface area (Å²) in [5, 5.41) is 3.43. The minimum absolute atomic E-state index is 0.0304. The number of benzene rings is 1. The molecule has 1 aromatic carbocycles. The Morgan fingerprint density at radius 2 is 2.31 bits per heavy atom. The van der Waals surface area contributed by atoms with Crippen LogP contribution in [0.1, 0.15) is 17.9 Å². The van der Waals surface area contributed by atoms with Crippen LogP contribution in [0.5, 0.6) is 0 Å². The summed E-state index contributed by atoms with van der Waals surface area (Å²) >= 11 is 6.07. The highest BCUT2D eigenvalue weighted by Crippen LogP contribution is 2.49. The molecule has 3 heteroatoms. The van der Waals surface area contributed by atoms with Crippen LogP contribution in [-0.4, -0.2) is 12.5 Å². The summed E-state index contributed by atoms with van der Waals surface area (Å²) in [6.07, 6.45) is 5.94. The van der Waals surface area contributed by atoms with Gasteiger partial charge >= 0.3 is 0 Å². The van der Waals surface area contributed by atoms with E-state index in [0.29, 0.717) is 6.54 Å². The van der Waals surface area contributed by atoms with Gasteiger partial charge in [0.25, 0.3) is 0 Å². The van der Waals surface area contributed by atoms with E-state index in [1.165, 1.54) is 0 Å². The van der Waals surface area contributed by atoms with Crippen molar-refractivity contribution in [3.05, 3.63) is 34.9 Å². The van der Waals surface area contributed by atoms with E-state index in [4.69, 9.17) is 18.0 Å². The highest BCUT2D eigenvalue weighted by molar-refractivity contribution is 6.31. The van der Waals surface area contributed by atoms with Crippen molar-refractivity contribution in [2.45, 2.75) is 12.3 Å². The van der Waals surface area contributed by atoms with Crippen LogP contribution in [0, 0.1) is 18.3 Å². The summed E-state index contributed by atoms with van der Waals surface area (Å²) < 4.78 is 0. The zero-order chi connectivity index (χ0) is 11.5. The minimum Gasteiger partial charge on any atom is -0.345 e. The standard InChI is InChI=1S/C13H12ClNO/c1-2-7-15-13(16)11-8-10(11)9-5-3-4-6-12(9)14/h1,3-6,10-11H,7-8H2,(H,15,16)/t10-,11-/m0/s1. The first-order chi connectivity index (χ1) is 7.74. The van der Waals surface area contributed by atoms with E-state index >= 15 is 0 Å². The molecule has 2 rings (SSSR count). The fraction of sp³-hybridized carbons (Fsp3) is 0.308. The number of carbonyl (C=O) groups is 1. The maximum absolute atomic E-state index is 11.6. The third-order valence-corrected chi connectivity index (χ3v) is 3.14. The average molecular weight is 234 g/mol. The molecule has 82 valence electrons. The molecule has 1 aliphatic carbocycles. The summed E-state index contributed by atoms with van der Waals surface area (Å²) in [6, 6.07) is 7.66. The second-order valence-electron chi connectivity index (χ2n) is 3.89. The van der Waals surface area contributed by atoms with Crippen molar-refractivity contribution < 1.29 is 4.79 Å². The smallest absolute Gasteiger partial charge is 0.224 e. The lowest BCUT2D eigenvalue weighted by Gasteiger charge is -2.03. The Morgan fingerprint density at radius 3 is 3.00 bits per heavy atom. The molecule has 16 heavy (non-hydrogen) atoms. The molecule has 1 N–H and O–H groups in total. The number of carbonyl (C=O) groups excluding carboxylic acids is 1. The Balaban J connectivity index is 1.99. The summed E-state index contributed by atoms with van der Waals surface area (Å²) in [5.74, 6) is 2.71. The fourth-order valence-corrected chi connectivity index (χ4v) is 2.15. The predicted octanol–water partition coefficient (Wildman–Crippen LogP) is 2.19. The Hall–Kier alpha value is -1.46. The highest BCUT2D eigenvalue weighted by Gasteiger charge is 2.44. The molecule has 1 fully saturated rings. The van der Waals surface area contributed by atoms with E-state index in [2.05, 4.69) is 11.2 Å². The molecule has 2 atom stereocenters. The van der Waals surface area contributed by atoms with Crippen LogP contribution >= 0.6 is 11.6 Å². The second-order valence-corrected chi connectivity index (χ2v) is 4.30. The van der Waals surface area contributed by atoms with Crippen LogP contribution in [0.15, 0.2) is 24.3 Å². The molecular formula is C13H12ClNO. The van der Waals surface area contributed by atoms with Gasteiger partial charge < -0.3 is 5.32 Å². The second kappa shape index (κ2) is 4.59. The molecule has 2 nitrogen and oxygen atoms in total. The highest BCUT2D eigenvalue weighted by atomic mass is 35.5. The Bertz CT molecular complexity index is 449. The third kappa shape index (κ3) is 2.20. The van der Waals surface area contributed by atoms with Crippen molar-refractivity contribution in [2.75, 3.05) is 6.54 Å². The van der Waals surface area contributed by atoms with Crippen LogP contribution in [-0.2, 0) is 4.79 Å². The molecule has 0 aliphatic heterocycles. The van der Waals surface area contributed by atoms with Gasteiger partial charge in [0.05, 0.1) is 6.54 Å². The van der Waals surface area contributed by atoms with E-state index < -0.39 is 0 Å². The van der Waals surface area contributed by atoms with Crippen LogP contribution in [0.2, 0.25) is 5.02 Å². The summed E-state index contributed by atoms with van der Waals surface area (Å²) in [6.45, 7) is 0.296. The molecule has 0 unspecified atom stereocenters. The quantitative estimate of drug-likeness (QED) is 0.797. The van der Waals surface area contributed by atoms with E-state index in [9.17, 15) is 4.79 Å². The van der Waals surface area contributed by atoms with Gasteiger partial charge in [0.1, 0.15) is 0 Å². The molecule has 1 aliphatic rings. The van der Waals surface area contributed by atoms with Crippen molar-refractivity contribution in [3.8, 4) is 12.3 Å². The van der Waals surface area contributed by atoms with E-state index in [1.54, 1.807) is 0 Å². The molecule has 1 amide bonds. The van der Waals surface area contributed by atoms with Gasteiger partial charge in [0, 0.05) is 10.9 Å². The molecule has 1 aromatic rings. The SMILES string of the molecule is C#CCNC(=O)[C@H]1C[C@H]1c1ccccc1Cl. The maximum Gasteiger partial charge on any atom is 0.224 e. The predicted molar refractivity (Wildman–Crippen MR) is 64.1 cm³/mol. The van der Waals surface area contributed by atoms with Crippen molar-refractivity contribution in [3.63, 3.8) is 0 Å². The third-order valence-electron chi connectivity index (χ3n) is 2.80.